The summed E-state index contributed by atoms with van der Waals surface area (Å²) in [5.41, 5.74) is 0.167. The van der Waals surface area contributed by atoms with Crippen LogP contribution in [0.5, 0.6) is 11.5 Å². The molecule has 96 valence electrons. The summed E-state index contributed by atoms with van der Waals surface area (Å²) in [4.78, 5) is 22.1. The number of aliphatic carboxylic acids is 1. The average Bonchev–Trinajstić information content (AvgIpc) is 2.35. The summed E-state index contributed by atoms with van der Waals surface area (Å²) in [6.45, 7) is 0. The summed E-state index contributed by atoms with van der Waals surface area (Å²) in [6.07, 6.45) is 1.68. The average molecular weight is 271 g/mol. The van der Waals surface area contributed by atoms with Gasteiger partial charge in [-0.25, -0.2) is 4.79 Å². The number of allylic oxidation sites excluding steroid dienone is 1. The molecule has 0 bridgehead atoms. The summed E-state index contributed by atoms with van der Waals surface area (Å²) in [6, 6.07) is 2.83. The highest BCUT2D eigenvalue weighted by Crippen LogP contribution is 2.32. The zero-order valence-electron chi connectivity index (χ0n) is 9.77. The molecule has 0 unspecified atom stereocenters. The van der Waals surface area contributed by atoms with Gasteiger partial charge in [0.15, 0.2) is 5.78 Å². The molecule has 0 aliphatic carbocycles. The van der Waals surface area contributed by atoms with Crippen LogP contribution in [0.4, 0.5) is 0 Å². The molecule has 0 heterocycles. The van der Waals surface area contributed by atoms with E-state index in [1.807, 2.05) is 0 Å². The van der Waals surface area contributed by atoms with Gasteiger partial charge in [0.2, 0.25) is 0 Å². The van der Waals surface area contributed by atoms with Crippen LogP contribution >= 0.6 is 11.6 Å². The molecule has 1 N–H and O–H groups in total. The topological polar surface area (TPSA) is 72.8 Å². The number of carboxylic acid groups (broad SMARTS) is 1. The Kier molecular flexibility index (Phi) is 4.74. The SMILES string of the molecule is COc1cc(OC)c(C(=O)/C=C/C(=O)O)cc1Cl. The van der Waals surface area contributed by atoms with Crippen molar-refractivity contribution in [1.29, 1.82) is 0 Å². The maximum atomic E-state index is 11.8. The molecular formula is C12H11ClO5. The second-order valence-electron chi connectivity index (χ2n) is 3.22. The van der Waals surface area contributed by atoms with E-state index in [0.717, 1.165) is 12.2 Å². The Hall–Kier alpha value is -2.01. The molecule has 0 radical (unpaired) electrons. The van der Waals surface area contributed by atoms with Gasteiger partial charge in [-0.15, -0.1) is 0 Å². The first-order valence-corrected chi connectivity index (χ1v) is 5.24. The molecular weight excluding hydrogens is 260 g/mol. The number of hydrogen-bond donors (Lipinski definition) is 1. The Labute approximate surface area is 109 Å². The molecule has 1 aromatic rings. The van der Waals surface area contributed by atoms with E-state index in [0.29, 0.717) is 5.75 Å². The number of carbonyl (C=O) groups excluding carboxylic acids is 1. The Morgan fingerprint density at radius 3 is 2.28 bits per heavy atom. The zero-order chi connectivity index (χ0) is 13.7. The fourth-order valence-electron chi connectivity index (χ4n) is 1.29. The summed E-state index contributed by atoms with van der Waals surface area (Å²) >= 11 is 5.89. The fourth-order valence-corrected chi connectivity index (χ4v) is 1.53. The number of ether oxygens (including phenoxy) is 2. The van der Waals surface area contributed by atoms with Gasteiger partial charge in [0, 0.05) is 12.1 Å². The molecule has 0 amide bonds. The molecule has 5 nitrogen and oxygen atoms in total. The number of halogens is 1. The van der Waals surface area contributed by atoms with Crippen molar-refractivity contribution < 1.29 is 24.2 Å². The zero-order valence-corrected chi connectivity index (χ0v) is 10.5. The molecule has 0 aliphatic rings. The van der Waals surface area contributed by atoms with Crippen LogP contribution in [0.15, 0.2) is 24.3 Å². The second-order valence-corrected chi connectivity index (χ2v) is 3.63. The van der Waals surface area contributed by atoms with Crippen molar-refractivity contribution in [1.82, 2.24) is 0 Å². The largest absolute Gasteiger partial charge is 0.496 e. The van der Waals surface area contributed by atoms with E-state index in [1.54, 1.807) is 0 Å². The molecule has 6 heteroatoms. The molecule has 0 atom stereocenters. The van der Waals surface area contributed by atoms with Crippen LogP contribution in [0.3, 0.4) is 0 Å². The third-order valence-corrected chi connectivity index (χ3v) is 2.41. The van der Waals surface area contributed by atoms with Crippen LogP contribution in [0.2, 0.25) is 5.02 Å². The first-order chi connectivity index (χ1) is 8.49. The van der Waals surface area contributed by atoms with Gasteiger partial charge < -0.3 is 14.6 Å². The minimum atomic E-state index is -1.21. The molecule has 1 rings (SSSR count). The van der Waals surface area contributed by atoms with Crippen LogP contribution in [0.1, 0.15) is 10.4 Å². The molecule has 0 spiro atoms. The number of rotatable bonds is 5. The van der Waals surface area contributed by atoms with Crippen molar-refractivity contribution in [3.8, 4) is 11.5 Å². The fraction of sp³-hybridized carbons (Fsp3) is 0.167. The Morgan fingerprint density at radius 2 is 1.78 bits per heavy atom. The van der Waals surface area contributed by atoms with E-state index in [4.69, 9.17) is 26.2 Å². The predicted octanol–water partition coefficient (Wildman–Crippen LogP) is 2.18. The molecule has 18 heavy (non-hydrogen) atoms. The number of benzene rings is 1. The van der Waals surface area contributed by atoms with Crippen molar-refractivity contribution in [2.45, 2.75) is 0 Å². The van der Waals surface area contributed by atoms with Gasteiger partial charge in [0.05, 0.1) is 24.8 Å². The van der Waals surface area contributed by atoms with E-state index in [1.165, 1.54) is 26.4 Å². The summed E-state index contributed by atoms with van der Waals surface area (Å²) in [5.74, 6) is -1.09. The maximum Gasteiger partial charge on any atom is 0.328 e. The third kappa shape index (κ3) is 3.24. The number of ketones is 1. The van der Waals surface area contributed by atoms with Crippen molar-refractivity contribution >= 4 is 23.4 Å². The van der Waals surface area contributed by atoms with Crippen LogP contribution in [0, 0.1) is 0 Å². The van der Waals surface area contributed by atoms with Crippen LogP contribution in [0.25, 0.3) is 0 Å². The molecule has 0 aromatic heterocycles. The van der Waals surface area contributed by atoms with Gasteiger partial charge >= 0.3 is 5.97 Å². The quantitative estimate of drug-likeness (QED) is 0.656. The van der Waals surface area contributed by atoms with E-state index >= 15 is 0 Å². The highest BCUT2D eigenvalue weighted by atomic mass is 35.5. The van der Waals surface area contributed by atoms with Gasteiger partial charge in [-0.05, 0) is 12.1 Å². The normalized spacial score (nSPS) is 10.4. The van der Waals surface area contributed by atoms with Crippen molar-refractivity contribution in [3.05, 3.63) is 34.9 Å². The van der Waals surface area contributed by atoms with Crippen LogP contribution < -0.4 is 9.47 Å². The lowest BCUT2D eigenvalue weighted by atomic mass is 10.1. The highest BCUT2D eigenvalue weighted by molar-refractivity contribution is 6.32. The Balaban J connectivity index is 3.19. The van der Waals surface area contributed by atoms with Gasteiger partial charge in [0.1, 0.15) is 11.5 Å². The van der Waals surface area contributed by atoms with Crippen molar-refractivity contribution in [2.24, 2.45) is 0 Å². The Morgan fingerprint density at radius 1 is 1.17 bits per heavy atom. The van der Waals surface area contributed by atoms with Gasteiger partial charge in [-0.1, -0.05) is 11.6 Å². The minimum absolute atomic E-state index is 0.167. The Bertz CT molecular complexity index is 507. The molecule has 1 aromatic carbocycles. The van der Waals surface area contributed by atoms with E-state index < -0.39 is 11.8 Å². The first kappa shape index (κ1) is 14.1. The number of carbonyl (C=O) groups is 2. The van der Waals surface area contributed by atoms with Crippen molar-refractivity contribution in [2.75, 3.05) is 14.2 Å². The number of hydrogen-bond acceptors (Lipinski definition) is 4. The summed E-state index contributed by atoms with van der Waals surface area (Å²) in [5, 5.41) is 8.70. The van der Waals surface area contributed by atoms with Gasteiger partial charge in [-0.2, -0.15) is 0 Å². The lowest BCUT2D eigenvalue weighted by Crippen LogP contribution is -2.01. The van der Waals surface area contributed by atoms with E-state index in [2.05, 4.69) is 0 Å². The third-order valence-electron chi connectivity index (χ3n) is 2.12. The summed E-state index contributed by atoms with van der Waals surface area (Å²) in [7, 11) is 2.83. The van der Waals surface area contributed by atoms with E-state index in [-0.39, 0.29) is 16.3 Å². The van der Waals surface area contributed by atoms with E-state index in [9.17, 15) is 9.59 Å². The second kappa shape index (κ2) is 6.07. The molecule has 0 saturated heterocycles. The first-order valence-electron chi connectivity index (χ1n) is 4.86. The maximum absolute atomic E-state index is 11.8. The number of methoxy groups -OCH3 is 2. The van der Waals surface area contributed by atoms with Crippen LogP contribution in [-0.4, -0.2) is 31.1 Å². The summed E-state index contributed by atoms with van der Waals surface area (Å²) < 4.78 is 10.0. The molecule has 0 fully saturated rings. The van der Waals surface area contributed by atoms with Gasteiger partial charge in [-0.3, -0.25) is 4.79 Å². The van der Waals surface area contributed by atoms with Crippen LogP contribution in [-0.2, 0) is 4.79 Å². The molecule has 0 saturated carbocycles. The monoisotopic (exact) mass is 270 g/mol. The van der Waals surface area contributed by atoms with Gasteiger partial charge in [0.25, 0.3) is 0 Å². The number of carboxylic acids is 1. The lowest BCUT2D eigenvalue weighted by Gasteiger charge is -2.09. The minimum Gasteiger partial charge on any atom is -0.496 e. The van der Waals surface area contributed by atoms with Crippen molar-refractivity contribution in [3.63, 3.8) is 0 Å². The predicted molar refractivity (Wildman–Crippen MR) is 65.7 cm³/mol. The highest BCUT2D eigenvalue weighted by Gasteiger charge is 2.14. The molecule has 0 aliphatic heterocycles. The standard InChI is InChI=1S/C12H11ClO5/c1-17-10-6-11(18-2)8(13)5-7(10)9(14)3-4-12(15)16/h3-6H,1-2H3,(H,15,16)/b4-3+. The lowest BCUT2D eigenvalue weighted by molar-refractivity contribution is -0.131. The smallest absolute Gasteiger partial charge is 0.328 e.